The summed E-state index contributed by atoms with van der Waals surface area (Å²) in [6.07, 6.45) is 0. The molecule has 0 radical (unpaired) electrons. The number of esters is 1. The Labute approximate surface area is 245 Å². The molecule has 0 spiro atoms. The van der Waals surface area contributed by atoms with Crippen molar-refractivity contribution in [3.05, 3.63) is 77.4 Å². The maximum atomic E-state index is 13.1. The summed E-state index contributed by atoms with van der Waals surface area (Å²) in [6, 6.07) is 18.1. The molecular weight excluding hydrogens is 534 g/mol. The summed E-state index contributed by atoms with van der Waals surface area (Å²) < 4.78 is 4.93. The second-order valence-electron chi connectivity index (χ2n) is 10.2. The number of rotatable bonds is 9. The number of hydrogen-bond acceptors (Lipinski definition) is 8. The number of phenolic OH excluding ortho intramolecular Hbond substituents is 1. The highest BCUT2D eigenvalue weighted by atomic mass is 16.5. The highest BCUT2D eigenvalue weighted by Gasteiger charge is 2.31. The van der Waals surface area contributed by atoms with Crippen LogP contribution < -0.4 is 10.4 Å². The molecule has 1 aliphatic heterocycles. The molecule has 3 aromatic carbocycles. The van der Waals surface area contributed by atoms with Gasteiger partial charge in [0, 0.05) is 12.6 Å². The largest absolute Gasteiger partial charge is 0.505 e. The van der Waals surface area contributed by atoms with E-state index in [4.69, 9.17) is 4.74 Å². The molecule has 0 saturated heterocycles. The first-order chi connectivity index (χ1) is 20.0. The van der Waals surface area contributed by atoms with E-state index in [-0.39, 0.29) is 36.4 Å². The van der Waals surface area contributed by atoms with Crippen molar-refractivity contribution in [1.29, 1.82) is 0 Å². The summed E-state index contributed by atoms with van der Waals surface area (Å²) in [6.45, 7) is 9.31. The maximum Gasteiger partial charge on any atom is 0.325 e. The van der Waals surface area contributed by atoms with Crippen LogP contribution in [0.1, 0.15) is 43.4 Å². The van der Waals surface area contributed by atoms with Crippen LogP contribution in [0, 0.1) is 13.8 Å². The third-order valence-electron chi connectivity index (χ3n) is 7.19. The molecule has 10 heteroatoms. The summed E-state index contributed by atoms with van der Waals surface area (Å²) >= 11 is 0. The van der Waals surface area contributed by atoms with E-state index in [1.54, 1.807) is 46.0 Å². The van der Waals surface area contributed by atoms with Crippen LogP contribution in [-0.4, -0.2) is 59.4 Å². The van der Waals surface area contributed by atoms with Crippen molar-refractivity contribution in [2.75, 3.05) is 30.6 Å². The number of carbonyl (C=O) groups excluding carboxylic acids is 3. The lowest BCUT2D eigenvalue weighted by Crippen LogP contribution is -2.35. The van der Waals surface area contributed by atoms with Gasteiger partial charge in [-0.2, -0.15) is 15.2 Å². The zero-order valence-electron chi connectivity index (χ0n) is 24.6. The average molecular weight is 570 g/mol. The van der Waals surface area contributed by atoms with Crippen LogP contribution in [0.15, 0.2) is 70.9 Å². The molecule has 1 unspecified atom stereocenters. The molecule has 1 atom stereocenters. The van der Waals surface area contributed by atoms with E-state index < -0.39 is 11.9 Å². The van der Waals surface area contributed by atoms with E-state index in [0.29, 0.717) is 22.6 Å². The number of ether oxygens (including phenoxy) is 1. The molecule has 42 heavy (non-hydrogen) atoms. The second-order valence-corrected chi connectivity index (χ2v) is 10.2. The molecule has 2 amide bonds. The predicted molar refractivity (Wildman–Crippen MR) is 164 cm³/mol. The topological polar surface area (TPSA) is 124 Å². The smallest absolute Gasteiger partial charge is 0.325 e. The monoisotopic (exact) mass is 569 g/mol. The maximum absolute atomic E-state index is 13.1. The van der Waals surface area contributed by atoms with Crippen LogP contribution in [-0.2, 0) is 19.1 Å². The van der Waals surface area contributed by atoms with E-state index in [0.717, 1.165) is 22.3 Å². The van der Waals surface area contributed by atoms with E-state index in [2.05, 4.69) is 15.6 Å². The number of carbonyl (C=O) groups is 3. The van der Waals surface area contributed by atoms with Gasteiger partial charge < -0.3 is 14.7 Å². The van der Waals surface area contributed by atoms with Gasteiger partial charge in [0.25, 0.3) is 0 Å². The van der Waals surface area contributed by atoms with Crippen LogP contribution >= 0.6 is 0 Å². The third-order valence-corrected chi connectivity index (χ3v) is 7.19. The fourth-order valence-corrected chi connectivity index (χ4v) is 4.54. The van der Waals surface area contributed by atoms with E-state index in [1.807, 2.05) is 56.3 Å². The Bertz CT molecular complexity index is 1580. The van der Waals surface area contributed by atoms with E-state index in [1.165, 1.54) is 9.91 Å². The number of phenols is 1. The molecule has 0 fully saturated rings. The third kappa shape index (κ3) is 6.33. The van der Waals surface area contributed by atoms with Gasteiger partial charge in [-0.15, -0.1) is 0 Å². The van der Waals surface area contributed by atoms with E-state index in [9.17, 15) is 19.5 Å². The van der Waals surface area contributed by atoms with Crippen molar-refractivity contribution in [3.63, 3.8) is 0 Å². The summed E-state index contributed by atoms with van der Waals surface area (Å²) in [4.78, 5) is 39.0. The lowest BCUT2D eigenvalue weighted by molar-refractivity contribution is -0.148. The van der Waals surface area contributed by atoms with Gasteiger partial charge in [-0.1, -0.05) is 42.5 Å². The van der Waals surface area contributed by atoms with Gasteiger partial charge in [-0.3, -0.25) is 19.8 Å². The molecule has 1 heterocycles. The number of likely N-dealkylation sites (N-methyl/N-ethyl adjacent to an activating group) is 1. The number of hydrazone groups is 2. The number of nitrogens with zero attached hydrogens (tertiary/aromatic N) is 4. The molecule has 10 nitrogen and oxygen atoms in total. The normalized spacial score (nSPS) is 14.5. The molecule has 0 aromatic heterocycles. The van der Waals surface area contributed by atoms with Gasteiger partial charge in [-0.25, -0.2) is 0 Å². The van der Waals surface area contributed by atoms with Crippen molar-refractivity contribution in [3.8, 4) is 16.9 Å². The van der Waals surface area contributed by atoms with Gasteiger partial charge in [0.2, 0.25) is 5.91 Å². The molecule has 0 aliphatic carbocycles. The quantitative estimate of drug-likeness (QED) is 0.213. The van der Waals surface area contributed by atoms with Gasteiger partial charge in [0.1, 0.15) is 12.3 Å². The number of aryl methyl sites for hydroxylation is 2. The van der Waals surface area contributed by atoms with Crippen LogP contribution in [0.4, 0.5) is 11.4 Å². The zero-order valence-corrected chi connectivity index (χ0v) is 24.6. The van der Waals surface area contributed by atoms with Crippen LogP contribution in [0.5, 0.6) is 5.75 Å². The first-order valence-electron chi connectivity index (χ1n) is 13.7. The fourth-order valence-electron chi connectivity index (χ4n) is 4.54. The second kappa shape index (κ2) is 12.7. The Hall–Kier alpha value is -4.99. The summed E-state index contributed by atoms with van der Waals surface area (Å²) in [5.74, 6) is -1.55. The standard InChI is InChI=1S/C32H35N5O5/c1-7-42-28(38)18-36(6)31(40)21(4)23-12-14-24(15-13-23)26-9-8-10-27(30(26)39)33-34-29-22(5)35-37(32(29)41)25-16-11-19(2)20(3)17-25/h8-17,21,33,39H,7,18H2,1-6H3/b34-29-. The Morgan fingerprint density at radius 3 is 2.45 bits per heavy atom. The van der Waals surface area contributed by atoms with Crippen molar-refractivity contribution in [1.82, 2.24) is 4.90 Å². The zero-order chi connectivity index (χ0) is 30.6. The summed E-state index contributed by atoms with van der Waals surface area (Å²) in [5, 5.41) is 21.0. The molecule has 4 rings (SSSR count). The van der Waals surface area contributed by atoms with Crippen molar-refractivity contribution in [2.24, 2.45) is 10.2 Å². The Balaban J connectivity index is 1.48. The van der Waals surface area contributed by atoms with Gasteiger partial charge in [0.15, 0.2) is 5.71 Å². The number of para-hydroxylation sites is 1. The minimum Gasteiger partial charge on any atom is -0.505 e. The Morgan fingerprint density at radius 1 is 1.07 bits per heavy atom. The molecule has 218 valence electrons. The lowest BCUT2D eigenvalue weighted by Gasteiger charge is -2.21. The molecule has 1 aliphatic rings. The Kier molecular flexibility index (Phi) is 9.05. The number of aromatic hydroxyl groups is 1. The minimum atomic E-state index is -0.479. The highest BCUT2D eigenvalue weighted by molar-refractivity contribution is 6.71. The number of anilines is 2. The number of nitrogens with one attached hydrogen (secondary N) is 1. The summed E-state index contributed by atoms with van der Waals surface area (Å²) in [7, 11) is 1.57. The Morgan fingerprint density at radius 2 is 1.79 bits per heavy atom. The summed E-state index contributed by atoms with van der Waals surface area (Å²) in [5.41, 5.74) is 8.60. The lowest BCUT2D eigenvalue weighted by atomic mass is 9.96. The van der Waals surface area contributed by atoms with Gasteiger partial charge in [-0.05, 0) is 75.1 Å². The van der Waals surface area contributed by atoms with Gasteiger partial charge in [0.05, 0.1) is 29.6 Å². The molecule has 0 bridgehead atoms. The molecule has 0 saturated carbocycles. The highest BCUT2D eigenvalue weighted by Crippen LogP contribution is 2.36. The van der Waals surface area contributed by atoms with Crippen LogP contribution in [0.3, 0.4) is 0 Å². The number of hydrogen-bond donors (Lipinski definition) is 2. The fraction of sp³-hybridized carbons (Fsp3) is 0.281. The SMILES string of the molecule is CCOC(=O)CN(C)C(=O)C(C)c1ccc(-c2cccc(N/N=C3\C(=O)N(c4ccc(C)c(C)c4)N=C3C)c2O)cc1. The molecular formula is C32H35N5O5. The van der Waals surface area contributed by atoms with Crippen molar-refractivity contribution >= 4 is 40.6 Å². The van der Waals surface area contributed by atoms with Crippen LogP contribution in [0.2, 0.25) is 0 Å². The first kappa shape index (κ1) is 30.0. The number of amides is 2. The predicted octanol–water partition coefficient (Wildman–Crippen LogP) is 4.99. The first-order valence-corrected chi connectivity index (χ1v) is 13.7. The average Bonchev–Trinajstić information content (AvgIpc) is 3.25. The molecule has 3 aromatic rings. The number of benzene rings is 3. The minimum absolute atomic E-state index is 0.0426. The van der Waals surface area contributed by atoms with Crippen molar-refractivity contribution in [2.45, 2.75) is 40.5 Å². The van der Waals surface area contributed by atoms with Crippen LogP contribution in [0.25, 0.3) is 11.1 Å². The molecule has 2 N–H and O–H groups in total. The van der Waals surface area contributed by atoms with Gasteiger partial charge >= 0.3 is 11.9 Å². The van der Waals surface area contributed by atoms with E-state index >= 15 is 0 Å². The van der Waals surface area contributed by atoms with Crippen molar-refractivity contribution < 1.29 is 24.2 Å².